The molecule has 0 amide bonds. The van der Waals surface area contributed by atoms with Gasteiger partial charge in [0.2, 0.25) is 5.88 Å². The van der Waals surface area contributed by atoms with Crippen molar-refractivity contribution in [2.24, 2.45) is 17.8 Å². The van der Waals surface area contributed by atoms with Crippen molar-refractivity contribution in [1.29, 1.82) is 0 Å². The molecule has 0 aromatic carbocycles. The van der Waals surface area contributed by atoms with Crippen LogP contribution in [0.2, 0.25) is 0 Å². The van der Waals surface area contributed by atoms with Crippen molar-refractivity contribution in [1.82, 2.24) is 9.97 Å². The molecule has 186 valence electrons. The SMILES string of the molecule is CCC1CCC(c2c(C)ccnc2OCCC(C)C2CCC(c3c(C)cncc3F)CC2)CC1. The van der Waals surface area contributed by atoms with Crippen LogP contribution in [-0.4, -0.2) is 16.6 Å². The predicted molar refractivity (Wildman–Crippen MR) is 137 cm³/mol. The van der Waals surface area contributed by atoms with Gasteiger partial charge in [-0.2, -0.15) is 0 Å². The molecule has 1 unspecified atom stereocenters. The maximum Gasteiger partial charge on any atom is 0.217 e. The number of hydrogen-bond acceptors (Lipinski definition) is 3. The van der Waals surface area contributed by atoms with Crippen LogP contribution in [0, 0.1) is 37.4 Å². The maximum absolute atomic E-state index is 14.4. The molecule has 2 aromatic rings. The first-order valence-electron chi connectivity index (χ1n) is 13.7. The average molecular weight is 467 g/mol. The second kappa shape index (κ2) is 11.6. The Morgan fingerprint density at radius 1 is 0.941 bits per heavy atom. The van der Waals surface area contributed by atoms with Gasteiger partial charge < -0.3 is 4.74 Å². The van der Waals surface area contributed by atoms with Crippen LogP contribution < -0.4 is 4.74 Å². The minimum atomic E-state index is -0.130. The third-order valence-corrected chi connectivity index (χ3v) is 8.94. The number of rotatable bonds is 8. The van der Waals surface area contributed by atoms with E-state index >= 15 is 0 Å². The van der Waals surface area contributed by atoms with E-state index in [9.17, 15) is 4.39 Å². The van der Waals surface area contributed by atoms with Crippen LogP contribution >= 0.6 is 0 Å². The zero-order chi connectivity index (χ0) is 24.1. The van der Waals surface area contributed by atoms with E-state index in [4.69, 9.17) is 4.74 Å². The van der Waals surface area contributed by atoms with E-state index < -0.39 is 0 Å². The zero-order valence-electron chi connectivity index (χ0n) is 21.7. The van der Waals surface area contributed by atoms with E-state index in [-0.39, 0.29) is 5.82 Å². The number of nitrogens with zero attached hydrogens (tertiary/aromatic N) is 2. The standard InChI is InChI=1S/C30H43FN2O/c1-5-23-6-8-26(9-7-23)29-21(3)14-16-33-30(29)34-17-15-20(2)24-10-12-25(13-11-24)28-22(4)18-32-19-27(28)31/h14,16,18-20,23-26H,5-13,15,17H2,1-4H3. The smallest absolute Gasteiger partial charge is 0.217 e. The van der Waals surface area contributed by atoms with Gasteiger partial charge in [-0.3, -0.25) is 4.98 Å². The molecule has 2 heterocycles. The molecule has 2 fully saturated rings. The Labute approximate surface area is 205 Å². The quantitative estimate of drug-likeness (QED) is 0.392. The van der Waals surface area contributed by atoms with Crippen LogP contribution in [0.4, 0.5) is 4.39 Å². The lowest BCUT2D eigenvalue weighted by molar-refractivity contribution is 0.195. The minimum Gasteiger partial charge on any atom is -0.477 e. The van der Waals surface area contributed by atoms with Gasteiger partial charge in [0.15, 0.2) is 0 Å². The van der Waals surface area contributed by atoms with Gasteiger partial charge in [0.05, 0.1) is 12.8 Å². The number of halogens is 1. The summed E-state index contributed by atoms with van der Waals surface area (Å²) >= 11 is 0. The molecule has 4 heteroatoms. The molecule has 2 saturated carbocycles. The van der Waals surface area contributed by atoms with Crippen LogP contribution in [-0.2, 0) is 0 Å². The van der Waals surface area contributed by atoms with E-state index in [1.807, 2.05) is 13.1 Å². The molecular formula is C30H43FN2O. The summed E-state index contributed by atoms with van der Waals surface area (Å²) in [6.07, 6.45) is 17.1. The lowest BCUT2D eigenvalue weighted by Gasteiger charge is -2.33. The molecule has 0 N–H and O–H groups in total. The molecule has 2 aromatic heterocycles. The molecule has 2 aliphatic carbocycles. The Bertz CT molecular complexity index is 909. The van der Waals surface area contributed by atoms with Gasteiger partial charge in [0.1, 0.15) is 5.82 Å². The van der Waals surface area contributed by atoms with Gasteiger partial charge in [-0.1, -0.05) is 20.3 Å². The van der Waals surface area contributed by atoms with Crippen LogP contribution in [0.1, 0.15) is 112 Å². The zero-order valence-corrected chi connectivity index (χ0v) is 21.7. The summed E-state index contributed by atoms with van der Waals surface area (Å²) in [5.41, 5.74) is 4.58. The monoisotopic (exact) mass is 466 g/mol. The Morgan fingerprint density at radius 3 is 2.29 bits per heavy atom. The second-order valence-corrected chi connectivity index (χ2v) is 11.1. The molecule has 1 atom stereocenters. The van der Waals surface area contributed by atoms with Crippen molar-refractivity contribution >= 4 is 0 Å². The second-order valence-electron chi connectivity index (χ2n) is 11.1. The molecule has 0 saturated heterocycles. The summed E-state index contributed by atoms with van der Waals surface area (Å²) in [6.45, 7) is 9.61. The number of pyridine rings is 2. The van der Waals surface area contributed by atoms with Gasteiger partial charge in [-0.15, -0.1) is 0 Å². The van der Waals surface area contributed by atoms with Crippen molar-refractivity contribution < 1.29 is 9.13 Å². The molecule has 0 radical (unpaired) electrons. The maximum atomic E-state index is 14.4. The highest BCUT2D eigenvalue weighted by Crippen LogP contribution is 2.42. The van der Waals surface area contributed by atoms with Gasteiger partial charge >= 0.3 is 0 Å². The number of aromatic nitrogens is 2. The molecule has 4 rings (SSSR count). The topological polar surface area (TPSA) is 35.0 Å². The van der Waals surface area contributed by atoms with Gasteiger partial charge in [0, 0.05) is 18.0 Å². The highest BCUT2D eigenvalue weighted by atomic mass is 19.1. The number of hydrogen-bond donors (Lipinski definition) is 0. The van der Waals surface area contributed by atoms with Crippen molar-refractivity contribution in [2.45, 2.75) is 104 Å². The molecule has 0 aliphatic heterocycles. The molecule has 2 aliphatic rings. The van der Waals surface area contributed by atoms with E-state index in [1.54, 1.807) is 6.20 Å². The van der Waals surface area contributed by atoms with E-state index in [0.717, 1.165) is 48.8 Å². The van der Waals surface area contributed by atoms with Gasteiger partial charge in [0.25, 0.3) is 0 Å². The summed E-state index contributed by atoms with van der Waals surface area (Å²) in [7, 11) is 0. The van der Waals surface area contributed by atoms with Crippen molar-refractivity contribution in [3.8, 4) is 5.88 Å². The fraction of sp³-hybridized carbons (Fsp3) is 0.667. The third-order valence-electron chi connectivity index (χ3n) is 8.94. The Kier molecular flexibility index (Phi) is 8.60. The van der Waals surface area contributed by atoms with Gasteiger partial charge in [-0.05, 0) is 124 Å². The largest absolute Gasteiger partial charge is 0.477 e. The van der Waals surface area contributed by atoms with Crippen LogP contribution in [0.25, 0.3) is 0 Å². The number of aryl methyl sites for hydroxylation is 2. The predicted octanol–water partition coefficient (Wildman–Crippen LogP) is 8.30. The lowest BCUT2D eigenvalue weighted by atomic mass is 9.73. The van der Waals surface area contributed by atoms with Crippen LogP contribution in [0.5, 0.6) is 5.88 Å². The van der Waals surface area contributed by atoms with E-state index in [0.29, 0.717) is 23.7 Å². The van der Waals surface area contributed by atoms with Gasteiger partial charge in [-0.25, -0.2) is 9.37 Å². The third kappa shape index (κ3) is 5.80. The lowest BCUT2D eigenvalue weighted by Crippen LogP contribution is -2.22. The Balaban J connectivity index is 1.29. The first kappa shape index (κ1) is 25.1. The van der Waals surface area contributed by atoms with Crippen LogP contribution in [0.3, 0.4) is 0 Å². The molecule has 34 heavy (non-hydrogen) atoms. The first-order chi connectivity index (χ1) is 16.5. The molecule has 0 spiro atoms. The average Bonchev–Trinajstić information content (AvgIpc) is 2.84. The highest BCUT2D eigenvalue weighted by molar-refractivity contribution is 5.37. The van der Waals surface area contributed by atoms with Crippen molar-refractivity contribution in [2.75, 3.05) is 6.61 Å². The van der Waals surface area contributed by atoms with Crippen molar-refractivity contribution in [3.63, 3.8) is 0 Å². The summed E-state index contributed by atoms with van der Waals surface area (Å²) in [4.78, 5) is 8.66. The van der Waals surface area contributed by atoms with E-state index in [2.05, 4.69) is 36.8 Å². The minimum absolute atomic E-state index is 0.130. The molecular weight excluding hydrogens is 423 g/mol. The highest BCUT2D eigenvalue weighted by Gasteiger charge is 2.29. The fourth-order valence-corrected chi connectivity index (χ4v) is 6.63. The Morgan fingerprint density at radius 2 is 1.62 bits per heavy atom. The molecule has 3 nitrogen and oxygen atoms in total. The summed E-state index contributed by atoms with van der Waals surface area (Å²) in [6, 6.07) is 2.14. The van der Waals surface area contributed by atoms with Crippen LogP contribution in [0.15, 0.2) is 24.7 Å². The normalized spacial score (nSPS) is 26.3. The molecule has 0 bridgehead atoms. The van der Waals surface area contributed by atoms with E-state index in [1.165, 1.54) is 62.3 Å². The number of ether oxygens (including phenoxy) is 1. The first-order valence-corrected chi connectivity index (χ1v) is 13.7. The summed E-state index contributed by atoms with van der Waals surface area (Å²) < 4.78 is 20.7. The summed E-state index contributed by atoms with van der Waals surface area (Å²) in [5.74, 6) is 3.87. The summed E-state index contributed by atoms with van der Waals surface area (Å²) in [5, 5.41) is 0. The fourth-order valence-electron chi connectivity index (χ4n) is 6.63. The van der Waals surface area contributed by atoms with Crippen molar-refractivity contribution in [3.05, 3.63) is 52.7 Å². The Hall–Kier alpha value is -1.97.